The number of carbonyl (C=O) groups is 5. The molecule has 15 nitrogen and oxygen atoms in total. The summed E-state index contributed by atoms with van der Waals surface area (Å²) in [6, 6.07) is 13.0. The van der Waals surface area contributed by atoms with E-state index >= 15 is 0 Å². The Morgan fingerprint density at radius 3 is 1.85 bits per heavy atom. The summed E-state index contributed by atoms with van der Waals surface area (Å²) in [5.41, 5.74) is 23.4. The molecule has 0 radical (unpaired) electrons. The van der Waals surface area contributed by atoms with E-state index in [0.717, 1.165) is 5.56 Å². The number of rotatable bonds is 15. The minimum Gasteiger partial charge on any atom is -0.481 e. The average Bonchev–Trinajstić information content (AvgIpc) is 2.97. The van der Waals surface area contributed by atoms with Gasteiger partial charge in [-0.05, 0) is 30.4 Å². The lowest BCUT2D eigenvalue weighted by atomic mass is 9.90. The molecule has 3 amide bonds. The predicted molar refractivity (Wildman–Crippen MR) is 159 cm³/mol. The van der Waals surface area contributed by atoms with Crippen molar-refractivity contribution in [3.63, 3.8) is 0 Å². The van der Waals surface area contributed by atoms with E-state index in [9.17, 15) is 37.5 Å². The number of amidine groups is 1. The van der Waals surface area contributed by atoms with Gasteiger partial charge in [0.05, 0.1) is 12.3 Å². The maximum Gasteiger partial charge on any atom is 0.490 e. The zero-order valence-electron chi connectivity index (χ0n) is 24.3. The number of nitrogens with zero attached hydrogens (tertiary/aromatic N) is 1. The fraction of sp³-hybridized carbons (Fsp3) is 0.321. The van der Waals surface area contributed by atoms with Crippen molar-refractivity contribution >= 4 is 41.5 Å². The normalized spacial score (nSPS) is 12.6. The van der Waals surface area contributed by atoms with Crippen LogP contribution in [0.4, 0.5) is 13.2 Å². The Morgan fingerprint density at radius 1 is 0.848 bits per heavy atom. The van der Waals surface area contributed by atoms with Crippen molar-refractivity contribution in [2.45, 2.75) is 49.9 Å². The van der Waals surface area contributed by atoms with Crippen molar-refractivity contribution in [2.75, 3.05) is 6.54 Å². The van der Waals surface area contributed by atoms with Crippen LogP contribution >= 0.6 is 0 Å². The van der Waals surface area contributed by atoms with Crippen LogP contribution < -0.4 is 33.6 Å². The Hall–Kier alpha value is -5.68. The lowest BCUT2D eigenvalue weighted by Crippen LogP contribution is -2.54. The van der Waals surface area contributed by atoms with E-state index in [1.165, 1.54) is 0 Å². The highest BCUT2D eigenvalue weighted by Crippen LogP contribution is 2.22. The first kappa shape index (κ1) is 38.3. The van der Waals surface area contributed by atoms with Gasteiger partial charge in [0.15, 0.2) is 5.96 Å². The minimum absolute atomic E-state index is 0.0908. The van der Waals surface area contributed by atoms with E-state index in [1.54, 1.807) is 54.6 Å². The fourth-order valence-electron chi connectivity index (χ4n) is 3.82. The number of primary amides is 1. The number of carboxylic acid groups (broad SMARTS) is 2. The van der Waals surface area contributed by atoms with Gasteiger partial charge in [0, 0.05) is 12.1 Å². The van der Waals surface area contributed by atoms with Crippen molar-refractivity contribution < 1.29 is 47.4 Å². The summed E-state index contributed by atoms with van der Waals surface area (Å²) in [7, 11) is 0. The number of nitrogen functional groups attached to an aromatic ring is 1. The molecule has 0 saturated heterocycles. The molecule has 250 valence electrons. The van der Waals surface area contributed by atoms with Crippen molar-refractivity contribution in [1.82, 2.24) is 10.6 Å². The van der Waals surface area contributed by atoms with E-state index in [1.807, 2.05) is 0 Å². The van der Waals surface area contributed by atoms with Crippen LogP contribution in [0.25, 0.3) is 0 Å². The molecular weight excluding hydrogens is 617 g/mol. The second-order valence-corrected chi connectivity index (χ2v) is 9.65. The number of nitrogens with one attached hydrogen (secondary N) is 3. The number of hydrogen-bond donors (Lipinski definition) is 9. The number of aliphatic imine (C=N–C) groups is 1. The van der Waals surface area contributed by atoms with Crippen molar-refractivity contribution in [3.8, 4) is 0 Å². The van der Waals surface area contributed by atoms with Gasteiger partial charge in [0.1, 0.15) is 17.9 Å². The lowest BCUT2D eigenvalue weighted by molar-refractivity contribution is -0.192. The monoisotopic (exact) mass is 652 g/mol. The largest absolute Gasteiger partial charge is 0.490 e. The molecule has 0 aromatic heterocycles. The Kier molecular flexibility index (Phi) is 15.2. The highest BCUT2D eigenvalue weighted by atomic mass is 19.4. The number of carbonyl (C=O) groups excluding carboxylic acids is 3. The standard InChI is InChI=1S/C26H34N8O5.C2HF3O2/c27-22(28)17-10-8-15(9-11-17)13-18(16-5-2-1-3-6-16)24(38)34-20(14-21(35)36)25(39)33-19(23(29)37)7-4-12-32-26(30)31;3-2(4,5)1(6)7/h1-3,5-6,8-11,18-20H,4,7,12-14H2,(H3,27,28)(H2,29,37)(H,33,39)(H,34,38)(H,35,36)(H4,30,31,32);(H,6,7)/t18-,19?,20?;/m0./s1. The average molecular weight is 653 g/mol. The van der Waals surface area contributed by atoms with Gasteiger partial charge >= 0.3 is 18.1 Å². The summed E-state index contributed by atoms with van der Waals surface area (Å²) in [6.07, 6.45) is -5.15. The van der Waals surface area contributed by atoms with E-state index in [2.05, 4.69) is 15.6 Å². The van der Waals surface area contributed by atoms with Crippen LogP contribution in [0.15, 0.2) is 59.6 Å². The molecule has 0 aliphatic carbocycles. The molecule has 2 rings (SSSR count). The molecule has 0 heterocycles. The van der Waals surface area contributed by atoms with Gasteiger partial charge in [-0.3, -0.25) is 29.6 Å². The molecule has 2 aromatic carbocycles. The maximum absolute atomic E-state index is 13.4. The molecule has 3 atom stereocenters. The molecule has 0 saturated carbocycles. The SMILES string of the molecule is N=C(N)c1ccc(C[C@H](C(=O)NC(CC(=O)O)C(=O)NC(CCCN=C(N)N)C(N)=O)c2ccccc2)cc1.O=C(O)C(F)(F)F. The van der Waals surface area contributed by atoms with Crippen LogP contribution in [0.2, 0.25) is 0 Å². The first-order chi connectivity index (χ1) is 21.4. The smallest absolute Gasteiger partial charge is 0.481 e. The predicted octanol–water partition coefficient (Wildman–Crippen LogP) is -0.0865. The van der Waals surface area contributed by atoms with E-state index in [-0.39, 0.29) is 31.2 Å². The van der Waals surface area contributed by atoms with Gasteiger partial charge in [-0.25, -0.2) is 4.79 Å². The second-order valence-electron chi connectivity index (χ2n) is 9.65. The number of hydrogen-bond acceptors (Lipinski definition) is 7. The molecule has 18 heteroatoms. The highest BCUT2D eigenvalue weighted by Gasteiger charge is 2.38. The number of benzene rings is 2. The zero-order valence-corrected chi connectivity index (χ0v) is 24.3. The molecule has 0 aliphatic heterocycles. The molecule has 2 unspecified atom stereocenters. The molecule has 0 spiro atoms. The molecular formula is C28H35F3N8O7. The molecule has 13 N–H and O–H groups in total. The number of halogens is 3. The Bertz CT molecular complexity index is 1400. The topological polar surface area (TPSA) is 290 Å². The van der Waals surface area contributed by atoms with Gasteiger partial charge in [0.2, 0.25) is 17.7 Å². The Labute approximate surface area is 260 Å². The van der Waals surface area contributed by atoms with Gasteiger partial charge < -0.3 is 43.8 Å². The summed E-state index contributed by atoms with van der Waals surface area (Å²) >= 11 is 0. The highest BCUT2D eigenvalue weighted by molar-refractivity contribution is 5.96. The fourth-order valence-corrected chi connectivity index (χ4v) is 3.82. The minimum atomic E-state index is -5.08. The van der Waals surface area contributed by atoms with Crippen LogP contribution in [0.5, 0.6) is 0 Å². The van der Waals surface area contributed by atoms with Crippen molar-refractivity contribution in [2.24, 2.45) is 27.9 Å². The lowest BCUT2D eigenvalue weighted by Gasteiger charge is -2.24. The van der Waals surface area contributed by atoms with Crippen LogP contribution in [0, 0.1) is 5.41 Å². The second kappa shape index (κ2) is 18.2. The van der Waals surface area contributed by atoms with E-state index in [0.29, 0.717) is 17.5 Å². The van der Waals surface area contributed by atoms with Gasteiger partial charge in [-0.1, -0.05) is 54.6 Å². The first-order valence-electron chi connectivity index (χ1n) is 13.4. The van der Waals surface area contributed by atoms with Gasteiger partial charge in [0.25, 0.3) is 0 Å². The Morgan fingerprint density at radius 2 is 1.39 bits per heavy atom. The zero-order chi connectivity index (χ0) is 35.0. The van der Waals surface area contributed by atoms with Gasteiger partial charge in [-0.15, -0.1) is 0 Å². The Balaban J connectivity index is 0.00000135. The van der Waals surface area contributed by atoms with Crippen LogP contribution in [-0.2, 0) is 30.4 Å². The number of nitrogens with two attached hydrogens (primary N) is 4. The molecule has 0 fully saturated rings. The number of alkyl halides is 3. The third-order valence-electron chi connectivity index (χ3n) is 6.08. The van der Waals surface area contributed by atoms with E-state index in [4.69, 9.17) is 38.2 Å². The molecule has 0 bridgehead atoms. The summed E-state index contributed by atoms with van der Waals surface area (Å²) in [4.78, 5) is 62.5. The van der Waals surface area contributed by atoms with Crippen LogP contribution in [-0.4, -0.2) is 76.5 Å². The number of amides is 3. The summed E-state index contributed by atoms with van der Waals surface area (Å²) in [5.74, 6) is -7.35. The van der Waals surface area contributed by atoms with Gasteiger partial charge in [-0.2, -0.15) is 13.2 Å². The van der Waals surface area contributed by atoms with Crippen molar-refractivity contribution in [3.05, 3.63) is 71.3 Å². The van der Waals surface area contributed by atoms with Crippen molar-refractivity contribution in [1.29, 1.82) is 5.41 Å². The summed E-state index contributed by atoms with van der Waals surface area (Å²) in [6.45, 7) is 0.198. The summed E-state index contributed by atoms with van der Waals surface area (Å²) in [5, 5.41) is 29.0. The molecule has 0 aliphatic rings. The van der Waals surface area contributed by atoms with Crippen LogP contribution in [0.3, 0.4) is 0 Å². The third kappa shape index (κ3) is 14.2. The quantitative estimate of drug-likeness (QED) is 0.0700. The molecule has 2 aromatic rings. The number of carboxylic acids is 2. The molecule has 46 heavy (non-hydrogen) atoms. The van der Waals surface area contributed by atoms with Crippen LogP contribution in [0.1, 0.15) is 41.9 Å². The van der Waals surface area contributed by atoms with E-state index < -0.39 is 60.3 Å². The maximum atomic E-state index is 13.4. The summed E-state index contributed by atoms with van der Waals surface area (Å²) < 4.78 is 31.7. The third-order valence-corrected chi connectivity index (χ3v) is 6.08. The number of aliphatic carboxylic acids is 2. The number of guanidine groups is 1. The first-order valence-corrected chi connectivity index (χ1v) is 13.4.